The molecule has 0 bridgehead atoms. The van der Waals surface area contributed by atoms with Gasteiger partial charge in [0.1, 0.15) is 11.5 Å². The monoisotopic (exact) mass is 682 g/mol. The van der Waals surface area contributed by atoms with Gasteiger partial charge in [-0.2, -0.15) is 0 Å². The van der Waals surface area contributed by atoms with Gasteiger partial charge in [-0.3, -0.25) is 14.4 Å². The van der Waals surface area contributed by atoms with E-state index in [0.717, 1.165) is 0 Å². The Morgan fingerprint density at radius 1 is 0.927 bits per heavy atom. The molecule has 1 aliphatic rings. The summed E-state index contributed by atoms with van der Waals surface area (Å²) in [6, 6.07) is 3.11. The molecule has 0 aromatic heterocycles. The number of aliphatic hydroxyl groups excluding tert-OH is 1. The third-order valence-electron chi connectivity index (χ3n) is 6.74. The van der Waals surface area contributed by atoms with Gasteiger partial charge in [0.05, 0.1) is 32.7 Å². The van der Waals surface area contributed by atoms with Crippen LogP contribution >= 0.6 is 69.6 Å². The van der Waals surface area contributed by atoms with Gasteiger partial charge in [0.2, 0.25) is 0 Å². The van der Waals surface area contributed by atoms with Gasteiger partial charge >= 0.3 is 5.97 Å². The van der Waals surface area contributed by atoms with Gasteiger partial charge in [-0.05, 0) is 63.4 Å². The first-order chi connectivity index (χ1) is 18.8. The van der Waals surface area contributed by atoms with Crippen LogP contribution in [0.3, 0.4) is 0 Å². The maximum atomic E-state index is 12.3. The molecule has 2 aromatic rings. The number of halogens is 6. The molecule has 0 unspecified atom stereocenters. The fourth-order valence-electron chi connectivity index (χ4n) is 4.28. The first-order valence-corrected chi connectivity index (χ1v) is 15.0. The summed E-state index contributed by atoms with van der Waals surface area (Å²) in [5.41, 5.74) is 0.967. The van der Waals surface area contributed by atoms with Crippen molar-refractivity contribution in [1.29, 1.82) is 0 Å². The van der Waals surface area contributed by atoms with Gasteiger partial charge < -0.3 is 9.84 Å². The number of hydrogen-bond acceptors (Lipinski definition) is 5. The average Bonchev–Trinajstić information content (AvgIpc) is 3.06. The van der Waals surface area contributed by atoms with Gasteiger partial charge in [-0.25, -0.2) is 0 Å². The van der Waals surface area contributed by atoms with Crippen molar-refractivity contribution < 1.29 is 24.2 Å². The largest absolute Gasteiger partial charge is 0.511 e. The highest BCUT2D eigenvalue weighted by Crippen LogP contribution is 2.47. The number of carbonyl (C=O) groups is 3. The number of hydrogen-bond donors (Lipinski definition) is 1. The van der Waals surface area contributed by atoms with Gasteiger partial charge in [-0.15, -0.1) is 0 Å². The Morgan fingerprint density at radius 3 is 1.93 bits per heavy atom. The lowest BCUT2D eigenvalue weighted by molar-refractivity contribution is -0.155. The number of carbonyl (C=O) groups excluding carboxylic acids is 3. The molecule has 0 fully saturated rings. The topological polar surface area (TPSA) is 80.7 Å². The van der Waals surface area contributed by atoms with E-state index in [0.29, 0.717) is 47.4 Å². The van der Waals surface area contributed by atoms with E-state index in [1.807, 2.05) is 0 Å². The summed E-state index contributed by atoms with van der Waals surface area (Å²) in [5, 5.41) is 12.5. The lowest BCUT2D eigenvalue weighted by atomic mass is 9.86. The van der Waals surface area contributed by atoms with E-state index in [4.69, 9.17) is 74.3 Å². The molecule has 0 radical (unpaired) electrons. The highest BCUT2D eigenvalue weighted by Gasteiger charge is 2.41. The number of rotatable bonds is 7. The second-order valence-electron chi connectivity index (χ2n) is 11.1. The highest BCUT2D eigenvalue weighted by atomic mass is 35.5. The van der Waals surface area contributed by atoms with Gasteiger partial charge in [0, 0.05) is 45.3 Å². The lowest BCUT2D eigenvalue weighted by Gasteiger charge is -2.21. The summed E-state index contributed by atoms with van der Waals surface area (Å²) in [6.07, 6.45) is 0.348. The molecule has 0 saturated carbocycles. The van der Waals surface area contributed by atoms with Crippen LogP contribution in [0.4, 0.5) is 0 Å². The smallest absolute Gasteiger partial charge is 0.311 e. The molecular weight excluding hydrogens is 653 g/mol. The Hall–Kier alpha value is -1.47. The molecule has 0 aliphatic heterocycles. The first kappa shape index (κ1) is 35.7. The number of ether oxygens (including phenoxy) is 1. The zero-order valence-corrected chi connectivity index (χ0v) is 28.4. The number of benzene rings is 2. The minimum Gasteiger partial charge on any atom is -0.511 e. The van der Waals surface area contributed by atoms with E-state index in [1.54, 1.807) is 60.6 Å². The third-order valence-corrected chi connectivity index (χ3v) is 9.15. The molecule has 224 valence electrons. The summed E-state index contributed by atoms with van der Waals surface area (Å²) in [7, 11) is 0. The minimum absolute atomic E-state index is 0.0306. The second-order valence-corrected chi connectivity index (χ2v) is 13.5. The number of esters is 1. The van der Waals surface area contributed by atoms with Crippen molar-refractivity contribution in [3.8, 4) is 0 Å². The molecule has 0 spiro atoms. The molecule has 2 aromatic carbocycles. The molecule has 0 saturated heterocycles. The first-order valence-electron chi connectivity index (χ1n) is 12.7. The number of allylic oxidation sites excluding steroid dienone is 2. The van der Waals surface area contributed by atoms with Crippen LogP contribution in [-0.2, 0) is 25.5 Å². The van der Waals surface area contributed by atoms with E-state index < -0.39 is 16.8 Å². The lowest BCUT2D eigenvalue weighted by Crippen LogP contribution is -2.30. The predicted molar refractivity (Wildman–Crippen MR) is 169 cm³/mol. The van der Waals surface area contributed by atoms with Crippen molar-refractivity contribution in [2.45, 2.75) is 67.7 Å². The number of ketones is 2. The Morgan fingerprint density at radius 2 is 1.44 bits per heavy atom. The third kappa shape index (κ3) is 8.13. The summed E-state index contributed by atoms with van der Waals surface area (Å²) in [4.78, 5) is 36.3. The summed E-state index contributed by atoms with van der Waals surface area (Å²) >= 11 is 36.7. The second kappa shape index (κ2) is 13.9. The minimum atomic E-state index is -0.881. The van der Waals surface area contributed by atoms with Crippen LogP contribution in [0.2, 0.25) is 30.1 Å². The SMILES string of the molecule is CCOC(=O)C(C)(C)CC(=O)Cc1c(Cl)cc(Cl)c(C)c1Cl.Cc1c(Cl)cc(Cl)c(C2=C(O)C(C)(C)CC2=O)c1Cl. The van der Waals surface area contributed by atoms with Crippen molar-refractivity contribution in [2.24, 2.45) is 10.8 Å². The Labute approximate surface area is 271 Å². The standard InChI is InChI=1S/C16H19Cl3O3.C14H13Cl3O2/c1-5-22-15(21)16(3,4)8-10(20)6-11-13(18)7-12(17)9(2)14(11)19;1-6-7(15)4-8(16)10(12(6)17)11-9(18)5-14(2,3)13(11)19/h7H,5-6,8H2,1-4H3;4,19H,5H2,1-3H3. The van der Waals surface area contributed by atoms with Gasteiger partial charge in [0.15, 0.2) is 5.78 Å². The van der Waals surface area contributed by atoms with Crippen LogP contribution < -0.4 is 0 Å². The van der Waals surface area contributed by atoms with Crippen LogP contribution in [0.25, 0.3) is 5.57 Å². The molecule has 0 amide bonds. The Kier molecular flexibility index (Phi) is 12.1. The van der Waals surface area contributed by atoms with Gasteiger partial charge in [0.25, 0.3) is 0 Å². The maximum absolute atomic E-state index is 12.3. The average molecular weight is 685 g/mol. The molecular formula is C30H32Cl6O5. The van der Waals surface area contributed by atoms with E-state index >= 15 is 0 Å². The number of aliphatic hydroxyl groups is 1. The van der Waals surface area contributed by atoms with E-state index in [2.05, 4.69) is 0 Å². The molecule has 5 nitrogen and oxygen atoms in total. The maximum Gasteiger partial charge on any atom is 0.311 e. The van der Waals surface area contributed by atoms with Crippen molar-refractivity contribution >= 4 is 92.7 Å². The quantitative estimate of drug-likeness (QED) is 0.294. The molecule has 11 heteroatoms. The van der Waals surface area contributed by atoms with Gasteiger partial charge in [-0.1, -0.05) is 83.5 Å². The highest BCUT2D eigenvalue weighted by molar-refractivity contribution is 6.44. The number of Topliss-reactive ketones (excluding diaryl/α,β-unsaturated/α-hetero) is 2. The molecule has 1 aliphatic carbocycles. The normalized spacial score (nSPS) is 14.6. The molecule has 0 heterocycles. The van der Waals surface area contributed by atoms with Crippen LogP contribution in [0.1, 0.15) is 69.7 Å². The molecule has 1 N–H and O–H groups in total. The van der Waals surface area contributed by atoms with Crippen molar-refractivity contribution in [1.82, 2.24) is 0 Å². The molecule has 3 rings (SSSR count). The van der Waals surface area contributed by atoms with Crippen LogP contribution in [-0.4, -0.2) is 29.2 Å². The molecule has 41 heavy (non-hydrogen) atoms. The van der Waals surface area contributed by atoms with E-state index in [-0.39, 0.29) is 53.8 Å². The van der Waals surface area contributed by atoms with Crippen LogP contribution in [0, 0.1) is 24.7 Å². The van der Waals surface area contributed by atoms with Crippen molar-refractivity contribution in [3.63, 3.8) is 0 Å². The Bertz CT molecular complexity index is 1430. The van der Waals surface area contributed by atoms with Crippen LogP contribution in [0.5, 0.6) is 0 Å². The zero-order valence-electron chi connectivity index (χ0n) is 23.8. The summed E-state index contributed by atoms with van der Waals surface area (Å²) < 4.78 is 4.98. The summed E-state index contributed by atoms with van der Waals surface area (Å²) in [6.45, 7) is 12.5. The molecule has 0 atom stereocenters. The zero-order chi connectivity index (χ0) is 31.6. The Balaban J connectivity index is 0.000000289. The summed E-state index contributed by atoms with van der Waals surface area (Å²) in [5.74, 6) is -0.660. The van der Waals surface area contributed by atoms with Crippen molar-refractivity contribution in [3.05, 3.63) is 70.3 Å². The van der Waals surface area contributed by atoms with E-state index in [1.165, 1.54) is 0 Å². The predicted octanol–water partition coefficient (Wildman–Crippen LogP) is 10.3. The fourth-order valence-corrected chi connectivity index (χ4v) is 6.13. The van der Waals surface area contributed by atoms with Crippen molar-refractivity contribution in [2.75, 3.05) is 6.61 Å². The van der Waals surface area contributed by atoms with E-state index in [9.17, 15) is 19.5 Å². The fraction of sp³-hybridized carbons (Fsp3) is 0.433. The van der Waals surface area contributed by atoms with Crippen LogP contribution in [0.15, 0.2) is 17.9 Å².